The predicted octanol–water partition coefficient (Wildman–Crippen LogP) is 2.12. The first kappa shape index (κ1) is 13.4. The van der Waals surface area contributed by atoms with Gasteiger partial charge in [-0.1, -0.05) is 12.8 Å². The van der Waals surface area contributed by atoms with E-state index in [1.807, 2.05) is 4.90 Å². The fourth-order valence-electron chi connectivity index (χ4n) is 3.30. The molecule has 2 fully saturated rings. The Kier molecular flexibility index (Phi) is 4.61. The number of ether oxygens (including phenoxy) is 1. The van der Waals surface area contributed by atoms with E-state index < -0.39 is 0 Å². The molecule has 4 heteroatoms. The summed E-state index contributed by atoms with van der Waals surface area (Å²) in [6, 6.07) is 0.452. The van der Waals surface area contributed by atoms with Crippen LogP contribution in [0.25, 0.3) is 0 Å². The fourth-order valence-corrected chi connectivity index (χ4v) is 3.30. The molecule has 1 saturated heterocycles. The topological polar surface area (TPSA) is 46.6 Å². The van der Waals surface area contributed by atoms with Crippen LogP contribution in [0, 0.1) is 5.92 Å². The largest absolute Gasteiger partial charge is 0.466 e. The zero-order valence-electron chi connectivity index (χ0n) is 11.2. The zero-order chi connectivity index (χ0) is 13.0. The standard InChI is InChI=1S/C14H23NO3/c1-2-18-14(17)8-7-13(16)15-10-9-11-5-3-4-6-12(11)15/h11-12H,2-10H2,1H3. The van der Waals surface area contributed by atoms with Gasteiger partial charge in [-0.05, 0) is 32.1 Å². The van der Waals surface area contributed by atoms with E-state index in [0.29, 0.717) is 25.0 Å². The third kappa shape index (κ3) is 3.03. The monoisotopic (exact) mass is 253 g/mol. The average molecular weight is 253 g/mol. The van der Waals surface area contributed by atoms with Gasteiger partial charge >= 0.3 is 5.97 Å². The Labute approximate surface area is 109 Å². The van der Waals surface area contributed by atoms with Crippen LogP contribution in [0.5, 0.6) is 0 Å². The first-order valence-corrected chi connectivity index (χ1v) is 7.17. The second-order valence-corrected chi connectivity index (χ2v) is 5.29. The summed E-state index contributed by atoms with van der Waals surface area (Å²) in [4.78, 5) is 25.4. The Balaban J connectivity index is 1.80. The van der Waals surface area contributed by atoms with E-state index in [9.17, 15) is 9.59 Å². The van der Waals surface area contributed by atoms with Gasteiger partial charge in [0, 0.05) is 19.0 Å². The summed E-state index contributed by atoms with van der Waals surface area (Å²) in [5.41, 5.74) is 0. The summed E-state index contributed by atoms with van der Waals surface area (Å²) in [6.07, 6.45) is 6.65. The highest BCUT2D eigenvalue weighted by Gasteiger charge is 2.37. The lowest BCUT2D eigenvalue weighted by molar-refractivity contribution is -0.146. The minimum Gasteiger partial charge on any atom is -0.466 e. The lowest BCUT2D eigenvalue weighted by Gasteiger charge is -2.31. The maximum atomic E-state index is 12.1. The van der Waals surface area contributed by atoms with Gasteiger partial charge in [-0.2, -0.15) is 0 Å². The molecule has 0 bridgehead atoms. The van der Waals surface area contributed by atoms with Crippen molar-refractivity contribution in [3.05, 3.63) is 0 Å². The van der Waals surface area contributed by atoms with E-state index >= 15 is 0 Å². The van der Waals surface area contributed by atoms with Crippen LogP contribution >= 0.6 is 0 Å². The Morgan fingerprint density at radius 3 is 2.72 bits per heavy atom. The van der Waals surface area contributed by atoms with Crippen LogP contribution in [0.1, 0.15) is 51.9 Å². The van der Waals surface area contributed by atoms with E-state index in [2.05, 4.69) is 0 Å². The highest BCUT2D eigenvalue weighted by atomic mass is 16.5. The second-order valence-electron chi connectivity index (χ2n) is 5.29. The van der Waals surface area contributed by atoms with Crippen LogP contribution < -0.4 is 0 Å². The minimum atomic E-state index is -0.259. The van der Waals surface area contributed by atoms with Crippen molar-refractivity contribution >= 4 is 11.9 Å². The van der Waals surface area contributed by atoms with Crippen LogP contribution in [0.4, 0.5) is 0 Å². The molecule has 0 aromatic rings. The third-order valence-electron chi connectivity index (χ3n) is 4.18. The van der Waals surface area contributed by atoms with Gasteiger partial charge < -0.3 is 9.64 Å². The number of carbonyl (C=O) groups excluding carboxylic acids is 2. The molecule has 2 unspecified atom stereocenters. The number of nitrogens with zero attached hydrogens (tertiary/aromatic N) is 1. The number of carbonyl (C=O) groups is 2. The SMILES string of the molecule is CCOC(=O)CCC(=O)N1CCC2CCCCC21. The fraction of sp³-hybridized carbons (Fsp3) is 0.857. The van der Waals surface area contributed by atoms with E-state index in [1.54, 1.807) is 6.92 Å². The summed E-state index contributed by atoms with van der Waals surface area (Å²) in [7, 11) is 0. The summed E-state index contributed by atoms with van der Waals surface area (Å²) < 4.78 is 4.85. The van der Waals surface area contributed by atoms with Crippen LogP contribution in [-0.4, -0.2) is 36.0 Å². The highest BCUT2D eigenvalue weighted by molar-refractivity contribution is 5.81. The van der Waals surface area contributed by atoms with E-state index in [1.165, 1.54) is 19.3 Å². The zero-order valence-corrected chi connectivity index (χ0v) is 11.2. The van der Waals surface area contributed by atoms with Crippen LogP contribution in [0.15, 0.2) is 0 Å². The molecule has 2 atom stereocenters. The molecule has 2 aliphatic rings. The molecule has 18 heavy (non-hydrogen) atoms. The summed E-state index contributed by atoms with van der Waals surface area (Å²) in [6.45, 7) is 3.06. The molecular weight excluding hydrogens is 230 g/mol. The normalized spacial score (nSPS) is 26.8. The van der Waals surface area contributed by atoms with Crippen molar-refractivity contribution in [1.82, 2.24) is 4.90 Å². The van der Waals surface area contributed by atoms with Crippen LogP contribution in [0.2, 0.25) is 0 Å². The maximum Gasteiger partial charge on any atom is 0.306 e. The van der Waals surface area contributed by atoms with Crippen molar-refractivity contribution in [1.29, 1.82) is 0 Å². The quantitative estimate of drug-likeness (QED) is 0.721. The van der Waals surface area contributed by atoms with Gasteiger partial charge in [0.15, 0.2) is 0 Å². The van der Waals surface area contributed by atoms with Crippen molar-refractivity contribution < 1.29 is 14.3 Å². The van der Waals surface area contributed by atoms with Crippen LogP contribution in [0.3, 0.4) is 0 Å². The first-order valence-electron chi connectivity index (χ1n) is 7.17. The predicted molar refractivity (Wildman–Crippen MR) is 67.9 cm³/mol. The van der Waals surface area contributed by atoms with Gasteiger partial charge in [0.2, 0.25) is 5.91 Å². The van der Waals surface area contributed by atoms with Crippen molar-refractivity contribution in [3.63, 3.8) is 0 Å². The Morgan fingerprint density at radius 2 is 1.94 bits per heavy atom. The van der Waals surface area contributed by atoms with E-state index in [-0.39, 0.29) is 18.3 Å². The van der Waals surface area contributed by atoms with Crippen molar-refractivity contribution in [2.75, 3.05) is 13.2 Å². The molecule has 0 aromatic carbocycles. The molecule has 102 valence electrons. The first-order chi connectivity index (χ1) is 8.72. The molecule has 1 aliphatic heterocycles. The molecule has 0 radical (unpaired) electrons. The Morgan fingerprint density at radius 1 is 1.17 bits per heavy atom. The van der Waals surface area contributed by atoms with Gasteiger partial charge in [0.05, 0.1) is 13.0 Å². The molecular formula is C14H23NO3. The molecule has 0 aromatic heterocycles. The highest BCUT2D eigenvalue weighted by Crippen LogP contribution is 2.36. The lowest BCUT2D eigenvalue weighted by Crippen LogP contribution is -2.39. The second kappa shape index (κ2) is 6.21. The molecule has 4 nitrogen and oxygen atoms in total. The summed E-state index contributed by atoms with van der Waals surface area (Å²) in [5, 5.41) is 0. The number of esters is 1. The van der Waals surface area contributed by atoms with E-state index in [0.717, 1.165) is 19.4 Å². The van der Waals surface area contributed by atoms with Gasteiger partial charge in [-0.25, -0.2) is 0 Å². The summed E-state index contributed by atoms with van der Waals surface area (Å²) >= 11 is 0. The average Bonchev–Trinajstić information content (AvgIpc) is 2.80. The molecule has 1 saturated carbocycles. The molecule has 2 rings (SSSR count). The van der Waals surface area contributed by atoms with Crippen molar-refractivity contribution in [2.24, 2.45) is 5.92 Å². The number of amides is 1. The number of hydrogen-bond acceptors (Lipinski definition) is 3. The maximum absolute atomic E-state index is 12.1. The third-order valence-corrected chi connectivity index (χ3v) is 4.18. The molecule has 0 spiro atoms. The molecule has 1 aliphatic carbocycles. The van der Waals surface area contributed by atoms with Crippen molar-refractivity contribution in [3.8, 4) is 0 Å². The number of rotatable bonds is 4. The number of likely N-dealkylation sites (tertiary alicyclic amines) is 1. The Hall–Kier alpha value is -1.06. The Bertz CT molecular complexity index is 316. The number of hydrogen-bond donors (Lipinski definition) is 0. The summed E-state index contributed by atoms with van der Waals surface area (Å²) in [5.74, 6) is 0.591. The smallest absolute Gasteiger partial charge is 0.306 e. The van der Waals surface area contributed by atoms with Gasteiger partial charge in [0.1, 0.15) is 0 Å². The van der Waals surface area contributed by atoms with Gasteiger partial charge in [0.25, 0.3) is 0 Å². The molecule has 1 heterocycles. The molecule has 1 amide bonds. The van der Waals surface area contributed by atoms with Crippen LogP contribution in [-0.2, 0) is 14.3 Å². The lowest BCUT2D eigenvalue weighted by atomic mass is 9.85. The van der Waals surface area contributed by atoms with Crippen molar-refractivity contribution in [2.45, 2.75) is 57.9 Å². The molecule has 0 N–H and O–H groups in total. The van der Waals surface area contributed by atoms with Gasteiger partial charge in [-0.15, -0.1) is 0 Å². The minimum absolute atomic E-state index is 0.137. The van der Waals surface area contributed by atoms with Gasteiger partial charge in [-0.3, -0.25) is 9.59 Å². The van der Waals surface area contributed by atoms with E-state index in [4.69, 9.17) is 4.74 Å². The number of fused-ring (bicyclic) bond motifs is 1.